The minimum atomic E-state index is -1.13. The summed E-state index contributed by atoms with van der Waals surface area (Å²) >= 11 is 3.03. The van der Waals surface area contributed by atoms with Crippen LogP contribution in [0.25, 0.3) is 0 Å². The molecule has 0 spiro atoms. The molecule has 0 radical (unpaired) electrons. The van der Waals surface area contributed by atoms with Crippen LogP contribution < -0.4 is 0 Å². The maximum Gasteiger partial charge on any atom is 0.272 e. The molecule has 0 amide bonds. The fourth-order valence-electron chi connectivity index (χ4n) is 1.31. The summed E-state index contributed by atoms with van der Waals surface area (Å²) < 4.78 is 0. The molecule has 0 heterocycles. The quantitative estimate of drug-likeness (QED) is 0.502. The Morgan fingerprint density at radius 2 is 2.12 bits per heavy atom. The van der Waals surface area contributed by atoms with Gasteiger partial charge in [0.2, 0.25) is 0 Å². The van der Waals surface area contributed by atoms with Gasteiger partial charge in [-0.15, -0.1) is 0 Å². The second-order valence-electron chi connectivity index (χ2n) is 3.47. The van der Waals surface area contributed by atoms with E-state index < -0.39 is 17.1 Å². The molecule has 1 aromatic rings. The van der Waals surface area contributed by atoms with Crippen molar-refractivity contribution in [1.82, 2.24) is 0 Å². The average Bonchev–Trinajstić information content (AvgIpc) is 2.27. The van der Waals surface area contributed by atoms with Crippen molar-refractivity contribution in [1.29, 1.82) is 0 Å². The summed E-state index contributed by atoms with van der Waals surface area (Å²) in [5, 5.41) is 30.0. The normalized spacial score (nSPS) is 14.5. The third-order valence-electron chi connectivity index (χ3n) is 2.29. The Hall–Kier alpha value is -0.980. The van der Waals surface area contributed by atoms with Crippen LogP contribution in [0.1, 0.15) is 17.2 Å². The van der Waals surface area contributed by atoms with E-state index in [2.05, 4.69) is 15.9 Å². The fourth-order valence-corrected chi connectivity index (χ4v) is 1.67. The van der Waals surface area contributed by atoms with E-state index in [4.69, 9.17) is 0 Å². The summed E-state index contributed by atoms with van der Waals surface area (Å²) in [4.78, 5) is 10.2. The van der Waals surface area contributed by atoms with E-state index in [9.17, 15) is 20.3 Å². The monoisotopic (exact) mass is 289 g/mol. The number of hydrogen-bond donors (Lipinski definition) is 2. The van der Waals surface area contributed by atoms with Gasteiger partial charge >= 0.3 is 0 Å². The molecular formula is C10H12BrNO4. The molecule has 0 saturated carbocycles. The summed E-state index contributed by atoms with van der Waals surface area (Å²) in [5.74, 6) is 0. The van der Waals surface area contributed by atoms with E-state index in [1.54, 1.807) is 19.1 Å². The second kappa shape index (κ2) is 5.38. The molecule has 16 heavy (non-hydrogen) atoms. The number of nitro benzene ring substituents is 1. The first-order valence-corrected chi connectivity index (χ1v) is 5.76. The maximum absolute atomic E-state index is 10.7. The first-order valence-electron chi connectivity index (χ1n) is 4.64. The first kappa shape index (κ1) is 13.1. The van der Waals surface area contributed by atoms with Gasteiger partial charge in [0.25, 0.3) is 5.69 Å². The smallest absolute Gasteiger partial charge is 0.272 e. The van der Waals surface area contributed by atoms with Crippen molar-refractivity contribution in [2.24, 2.45) is 0 Å². The Labute approximate surface area is 101 Å². The standard InChI is InChI=1S/C10H12BrNO4/c1-6-2-3-7(4-8(6)12(15)16)10(14)9(13)5-11/h2-4,9-10,13-14H,5H2,1H3. The maximum atomic E-state index is 10.7. The molecule has 0 aromatic heterocycles. The van der Waals surface area contributed by atoms with Gasteiger partial charge in [0.05, 0.1) is 11.0 Å². The Bertz CT molecular complexity index is 396. The van der Waals surface area contributed by atoms with Gasteiger partial charge in [-0.1, -0.05) is 28.1 Å². The highest BCUT2D eigenvalue weighted by molar-refractivity contribution is 9.09. The lowest BCUT2D eigenvalue weighted by Gasteiger charge is -2.15. The molecule has 2 N–H and O–H groups in total. The molecule has 0 aliphatic heterocycles. The van der Waals surface area contributed by atoms with Crippen molar-refractivity contribution >= 4 is 21.6 Å². The molecule has 0 aliphatic carbocycles. The van der Waals surface area contributed by atoms with E-state index in [1.807, 2.05) is 0 Å². The van der Waals surface area contributed by atoms with Crippen LogP contribution in [0.2, 0.25) is 0 Å². The Kier molecular flexibility index (Phi) is 4.40. The zero-order chi connectivity index (χ0) is 12.3. The van der Waals surface area contributed by atoms with Crippen LogP contribution in [0.3, 0.4) is 0 Å². The minimum absolute atomic E-state index is 0.0571. The van der Waals surface area contributed by atoms with E-state index in [0.29, 0.717) is 11.1 Å². The Morgan fingerprint density at radius 3 is 2.62 bits per heavy atom. The number of aliphatic hydroxyl groups excluding tert-OH is 2. The highest BCUT2D eigenvalue weighted by atomic mass is 79.9. The zero-order valence-electron chi connectivity index (χ0n) is 8.63. The van der Waals surface area contributed by atoms with E-state index in [1.165, 1.54) is 6.07 Å². The van der Waals surface area contributed by atoms with Gasteiger partial charge in [-0.25, -0.2) is 0 Å². The Morgan fingerprint density at radius 1 is 1.50 bits per heavy atom. The van der Waals surface area contributed by atoms with Crippen LogP contribution in [0.4, 0.5) is 5.69 Å². The van der Waals surface area contributed by atoms with Gasteiger partial charge < -0.3 is 10.2 Å². The number of aliphatic hydroxyl groups is 2. The molecule has 6 heteroatoms. The van der Waals surface area contributed by atoms with Crippen molar-refractivity contribution < 1.29 is 15.1 Å². The SMILES string of the molecule is Cc1ccc(C(O)C(O)CBr)cc1[N+](=O)[O-]. The number of halogens is 1. The predicted octanol–water partition coefficient (Wildman–Crippen LogP) is 1.69. The summed E-state index contributed by atoms with van der Waals surface area (Å²) in [6.45, 7) is 1.62. The van der Waals surface area contributed by atoms with Crippen molar-refractivity contribution in [3.05, 3.63) is 39.4 Å². The van der Waals surface area contributed by atoms with Gasteiger partial charge in [0.15, 0.2) is 0 Å². The number of benzene rings is 1. The number of nitrogens with zero attached hydrogens (tertiary/aromatic N) is 1. The highest BCUT2D eigenvalue weighted by Crippen LogP contribution is 2.25. The lowest BCUT2D eigenvalue weighted by molar-refractivity contribution is -0.385. The molecule has 0 bridgehead atoms. The molecular weight excluding hydrogens is 278 g/mol. The molecule has 1 rings (SSSR count). The van der Waals surface area contributed by atoms with Crippen molar-refractivity contribution in [2.75, 3.05) is 5.33 Å². The van der Waals surface area contributed by atoms with Gasteiger partial charge in [-0.3, -0.25) is 10.1 Å². The molecule has 0 fully saturated rings. The number of alkyl halides is 1. The van der Waals surface area contributed by atoms with Crippen molar-refractivity contribution in [3.8, 4) is 0 Å². The summed E-state index contributed by atoms with van der Waals surface area (Å²) in [6, 6.07) is 4.41. The van der Waals surface area contributed by atoms with Crippen molar-refractivity contribution in [2.45, 2.75) is 19.1 Å². The van der Waals surface area contributed by atoms with E-state index in [0.717, 1.165) is 0 Å². The van der Waals surface area contributed by atoms with Crippen LogP contribution >= 0.6 is 15.9 Å². The minimum Gasteiger partial charge on any atom is -0.389 e. The average molecular weight is 290 g/mol. The van der Waals surface area contributed by atoms with Crippen LogP contribution in [-0.4, -0.2) is 26.6 Å². The van der Waals surface area contributed by atoms with Crippen LogP contribution in [0, 0.1) is 17.0 Å². The van der Waals surface area contributed by atoms with Crippen LogP contribution in [0.15, 0.2) is 18.2 Å². The summed E-state index contributed by atoms with van der Waals surface area (Å²) in [6.07, 6.45) is -2.11. The summed E-state index contributed by atoms with van der Waals surface area (Å²) in [7, 11) is 0. The zero-order valence-corrected chi connectivity index (χ0v) is 10.2. The van der Waals surface area contributed by atoms with Crippen LogP contribution in [0.5, 0.6) is 0 Å². The third-order valence-corrected chi connectivity index (χ3v) is 2.96. The lowest BCUT2D eigenvalue weighted by atomic mass is 10.0. The van der Waals surface area contributed by atoms with E-state index >= 15 is 0 Å². The second-order valence-corrected chi connectivity index (χ2v) is 4.12. The van der Waals surface area contributed by atoms with Crippen molar-refractivity contribution in [3.63, 3.8) is 0 Å². The van der Waals surface area contributed by atoms with Gasteiger partial charge in [0.1, 0.15) is 6.10 Å². The number of rotatable bonds is 4. The third kappa shape index (κ3) is 2.78. The summed E-state index contributed by atoms with van der Waals surface area (Å²) in [5.41, 5.74) is 0.803. The number of nitro groups is 1. The lowest BCUT2D eigenvalue weighted by Crippen LogP contribution is -2.19. The number of hydrogen-bond acceptors (Lipinski definition) is 4. The molecule has 0 saturated heterocycles. The van der Waals surface area contributed by atoms with Gasteiger partial charge in [-0.2, -0.15) is 0 Å². The topological polar surface area (TPSA) is 83.6 Å². The molecule has 1 aromatic carbocycles. The molecule has 5 nitrogen and oxygen atoms in total. The molecule has 2 atom stereocenters. The first-order chi connectivity index (χ1) is 7.47. The van der Waals surface area contributed by atoms with E-state index in [-0.39, 0.29) is 11.0 Å². The number of aryl methyl sites for hydroxylation is 1. The highest BCUT2D eigenvalue weighted by Gasteiger charge is 2.20. The Balaban J connectivity index is 3.07. The molecule has 0 aliphatic rings. The fraction of sp³-hybridized carbons (Fsp3) is 0.400. The molecule has 88 valence electrons. The van der Waals surface area contributed by atoms with Gasteiger partial charge in [0, 0.05) is 17.0 Å². The van der Waals surface area contributed by atoms with Crippen LogP contribution in [-0.2, 0) is 0 Å². The molecule has 2 unspecified atom stereocenters. The van der Waals surface area contributed by atoms with Gasteiger partial charge in [-0.05, 0) is 12.5 Å². The predicted molar refractivity (Wildman–Crippen MR) is 62.6 cm³/mol. The largest absolute Gasteiger partial charge is 0.389 e.